The fraction of sp³-hybridized carbons (Fsp3) is 0.222. The second-order valence-electron chi connectivity index (χ2n) is 4.56. The number of aromatic hydroxyl groups is 1. The van der Waals surface area contributed by atoms with Gasteiger partial charge in [0.1, 0.15) is 17.2 Å². The fourth-order valence-corrected chi connectivity index (χ4v) is 1.74. The van der Waals surface area contributed by atoms with Gasteiger partial charge in [-0.25, -0.2) is 0 Å². The summed E-state index contributed by atoms with van der Waals surface area (Å²) in [5.41, 5.74) is 1.09. The zero-order valence-corrected chi connectivity index (χ0v) is 13.4. The van der Waals surface area contributed by atoms with Gasteiger partial charge in [0.2, 0.25) is 0 Å². The van der Waals surface area contributed by atoms with E-state index in [1.54, 1.807) is 37.4 Å². The largest absolute Gasteiger partial charge is 0.508 e. The van der Waals surface area contributed by atoms with E-state index in [1.807, 2.05) is 6.92 Å². The normalized spacial score (nSPS) is 9.35. The van der Waals surface area contributed by atoms with Crippen molar-refractivity contribution < 1.29 is 24.2 Å². The van der Waals surface area contributed by atoms with Crippen LogP contribution in [-0.2, 0) is 0 Å². The number of aldehydes is 1. The molecule has 0 spiro atoms. The minimum Gasteiger partial charge on any atom is -0.508 e. The summed E-state index contributed by atoms with van der Waals surface area (Å²) in [7, 11) is 1.58. The zero-order valence-electron chi connectivity index (χ0n) is 13.4. The quantitative estimate of drug-likeness (QED) is 0.675. The first-order chi connectivity index (χ1) is 11.0. The highest BCUT2D eigenvalue weighted by atomic mass is 16.5. The number of benzene rings is 2. The minimum absolute atomic E-state index is 0.0316. The fourth-order valence-electron chi connectivity index (χ4n) is 1.74. The molecule has 1 N–H and O–H groups in total. The number of carbonyl (C=O) groups excluding carboxylic acids is 2. The Balaban J connectivity index is 0.000000238. The molecule has 0 aromatic heterocycles. The molecule has 0 atom stereocenters. The van der Waals surface area contributed by atoms with Gasteiger partial charge in [-0.1, -0.05) is 12.1 Å². The highest BCUT2D eigenvalue weighted by Gasteiger charge is 2.03. The average Bonchev–Trinajstić information content (AvgIpc) is 2.55. The Kier molecular flexibility index (Phi) is 7.33. The van der Waals surface area contributed by atoms with E-state index < -0.39 is 0 Å². The number of hydrogen-bond acceptors (Lipinski definition) is 5. The summed E-state index contributed by atoms with van der Waals surface area (Å²) in [6, 6.07) is 11.4. The van der Waals surface area contributed by atoms with E-state index in [0.29, 0.717) is 29.2 Å². The van der Waals surface area contributed by atoms with Crippen LogP contribution in [0, 0.1) is 0 Å². The Bertz CT molecular complexity index is 664. The van der Waals surface area contributed by atoms with Crippen molar-refractivity contribution in [3.8, 4) is 17.2 Å². The molecule has 0 aliphatic carbocycles. The van der Waals surface area contributed by atoms with Crippen molar-refractivity contribution in [2.45, 2.75) is 13.8 Å². The third-order valence-electron chi connectivity index (χ3n) is 2.90. The molecule has 0 bridgehead atoms. The van der Waals surface area contributed by atoms with Crippen LogP contribution in [0.1, 0.15) is 34.6 Å². The Hall–Kier alpha value is -2.82. The second kappa shape index (κ2) is 9.25. The highest BCUT2D eigenvalue weighted by Crippen LogP contribution is 2.23. The number of ether oxygens (including phenoxy) is 2. The molecule has 0 amide bonds. The lowest BCUT2D eigenvalue weighted by atomic mass is 10.1. The van der Waals surface area contributed by atoms with E-state index in [2.05, 4.69) is 0 Å². The molecule has 0 unspecified atom stereocenters. The van der Waals surface area contributed by atoms with Crippen molar-refractivity contribution in [3.63, 3.8) is 0 Å². The maximum Gasteiger partial charge on any atom is 0.159 e. The van der Waals surface area contributed by atoms with Crippen LogP contribution >= 0.6 is 0 Å². The van der Waals surface area contributed by atoms with Gasteiger partial charge in [-0.05, 0) is 38.1 Å². The Morgan fingerprint density at radius 3 is 2.43 bits per heavy atom. The van der Waals surface area contributed by atoms with Crippen LogP contribution in [0.4, 0.5) is 0 Å². The van der Waals surface area contributed by atoms with E-state index in [-0.39, 0.29) is 11.5 Å². The molecule has 0 aliphatic heterocycles. The van der Waals surface area contributed by atoms with Crippen molar-refractivity contribution in [1.29, 1.82) is 0 Å². The molecule has 5 nitrogen and oxygen atoms in total. The maximum atomic E-state index is 10.7. The van der Waals surface area contributed by atoms with E-state index in [9.17, 15) is 9.59 Å². The van der Waals surface area contributed by atoms with Crippen LogP contribution < -0.4 is 9.47 Å². The van der Waals surface area contributed by atoms with E-state index in [4.69, 9.17) is 14.6 Å². The number of hydrogen-bond donors (Lipinski definition) is 1. The summed E-state index contributed by atoms with van der Waals surface area (Å²) in [4.78, 5) is 21.3. The van der Waals surface area contributed by atoms with Crippen molar-refractivity contribution in [2.75, 3.05) is 13.7 Å². The van der Waals surface area contributed by atoms with Gasteiger partial charge >= 0.3 is 0 Å². The highest BCUT2D eigenvalue weighted by molar-refractivity contribution is 5.94. The van der Waals surface area contributed by atoms with Gasteiger partial charge in [-0.3, -0.25) is 9.59 Å². The van der Waals surface area contributed by atoms with Crippen molar-refractivity contribution in [2.24, 2.45) is 0 Å². The first-order valence-electron chi connectivity index (χ1n) is 7.07. The molecule has 5 heteroatoms. The van der Waals surface area contributed by atoms with E-state index in [1.165, 1.54) is 19.1 Å². The van der Waals surface area contributed by atoms with Gasteiger partial charge in [0.15, 0.2) is 12.1 Å². The lowest BCUT2D eigenvalue weighted by Gasteiger charge is -2.07. The molecule has 0 fully saturated rings. The molecular weight excluding hydrogens is 296 g/mol. The predicted molar refractivity (Wildman–Crippen MR) is 87.7 cm³/mol. The van der Waals surface area contributed by atoms with Gasteiger partial charge in [-0.15, -0.1) is 0 Å². The van der Waals surface area contributed by atoms with Crippen molar-refractivity contribution in [1.82, 2.24) is 0 Å². The molecule has 23 heavy (non-hydrogen) atoms. The second-order valence-corrected chi connectivity index (χ2v) is 4.56. The first kappa shape index (κ1) is 18.2. The van der Waals surface area contributed by atoms with Crippen LogP contribution in [0.3, 0.4) is 0 Å². The first-order valence-corrected chi connectivity index (χ1v) is 7.07. The van der Waals surface area contributed by atoms with E-state index in [0.717, 1.165) is 6.29 Å². The van der Waals surface area contributed by atoms with E-state index >= 15 is 0 Å². The van der Waals surface area contributed by atoms with Crippen LogP contribution in [-0.4, -0.2) is 30.9 Å². The third kappa shape index (κ3) is 5.82. The van der Waals surface area contributed by atoms with Gasteiger partial charge in [-0.2, -0.15) is 0 Å². The van der Waals surface area contributed by atoms with Gasteiger partial charge in [0.05, 0.1) is 19.3 Å². The SMILES string of the molecule is CC(=O)c1cccc(O)c1.CCOc1cc(OC)ccc1C=O. The Labute approximate surface area is 135 Å². The van der Waals surface area contributed by atoms with Crippen LogP contribution in [0.2, 0.25) is 0 Å². The third-order valence-corrected chi connectivity index (χ3v) is 2.90. The van der Waals surface area contributed by atoms with Gasteiger partial charge < -0.3 is 14.6 Å². The minimum atomic E-state index is -0.0316. The number of carbonyl (C=O) groups is 2. The number of Topliss-reactive ketones (excluding diaryl/α,β-unsaturated/α-hetero) is 1. The summed E-state index contributed by atoms with van der Waals surface area (Å²) in [6.45, 7) is 3.87. The zero-order chi connectivity index (χ0) is 17.2. The smallest absolute Gasteiger partial charge is 0.159 e. The lowest BCUT2D eigenvalue weighted by Crippen LogP contribution is -1.96. The van der Waals surface area contributed by atoms with Crippen LogP contribution in [0.25, 0.3) is 0 Å². The monoisotopic (exact) mass is 316 g/mol. The summed E-state index contributed by atoms with van der Waals surface area (Å²) < 4.78 is 10.3. The average molecular weight is 316 g/mol. The maximum absolute atomic E-state index is 10.7. The molecule has 0 saturated carbocycles. The molecule has 122 valence electrons. The molecular formula is C18H20O5. The van der Waals surface area contributed by atoms with Gasteiger partial charge in [0, 0.05) is 11.6 Å². The molecule has 2 aromatic carbocycles. The van der Waals surface area contributed by atoms with Crippen LogP contribution in [0.5, 0.6) is 17.2 Å². The summed E-state index contributed by atoms with van der Waals surface area (Å²) in [5.74, 6) is 1.36. The summed E-state index contributed by atoms with van der Waals surface area (Å²) >= 11 is 0. The number of methoxy groups -OCH3 is 1. The molecule has 0 heterocycles. The molecule has 0 saturated heterocycles. The lowest BCUT2D eigenvalue weighted by molar-refractivity contribution is 0.101. The molecule has 0 aliphatic rings. The van der Waals surface area contributed by atoms with Crippen molar-refractivity contribution in [3.05, 3.63) is 53.6 Å². The van der Waals surface area contributed by atoms with Crippen LogP contribution in [0.15, 0.2) is 42.5 Å². The molecule has 2 rings (SSSR count). The standard InChI is InChI=1S/C10H12O3.C8H8O2/c1-3-13-10-6-9(12-2)5-4-8(10)7-11;1-6(9)7-3-2-4-8(10)5-7/h4-7H,3H2,1-2H3;2-5,10H,1H3. The predicted octanol–water partition coefficient (Wildman–Crippen LogP) is 3.50. The number of phenolic OH excluding ortho intramolecular Hbond substituents is 1. The summed E-state index contributed by atoms with van der Waals surface area (Å²) in [5, 5.41) is 8.91. The molecule has 0 radical (unpaired) electrons. The topological polar surface area (TPSA) is 72.8 Å². The number of rotatable bonds is 5. The van der Waals surface area contributed by atoms with Gasteiger partial charge in [0.25, 0.3) is 0 Å². The number of ketones is 1. The molecule has 2 aromatic rings. The summed E-state index contributed by atoms with van der Waals surface area (Å²) in [6.07, 6.45) is 0.768. The van der Waals surface area contributed by atoms with Crippen molar-refractivity contribution >= 4 is 12.1 Å². The Morgan fingerprint density at radius 2 is 1.96 bits per heavy atom. The Morgan fingerprint density at radius 1 is 1.22 bits per heavy atom. The number of phenols is 1.